The van der Waals surface area contributed by atoms with Crippen molar-refractivity contribution in [1.82, 2.24) is 0 Å². The molecule has 0 saturated carbocycles. The van der Waals surface area contributed by atoms with E-state index in [0.29, 0.717) is 11.1 Å². The van der Waals surface area contributed by atoms with Crippen molar-refractivity contribution in [3.05, 3.63) is 154 Å². The van der Waals surface area contributed by atoms with Gasteiger partial charge >= 0.3 is 5.97 Å². The maximum Gasteiger partial charge on any atom is 0.340 e. The van der Waals surface area contributed by atoms with Crippen LogP contribution in [-0.2, 0) is 10.3 Å². The molecule has 7 nitrogen and oxygen atoms in total. The normalized spacial score (nSPS) is 16.2. The fraction of sp³-hybridized carbons (Fsp3) is 0.0294. The fourth-order valence-corrected chi connectivity index (χ4v) is 5.74. The first-order valence-corrected chi connectivity index (χ1v) is 12.8. The Morgan fingerprint density at radius 3 is 1.93 bits per heavy atom. The molecule has 0 fully saturated rings. The third kappa shape index (κ3) is 3.49. The van der Waals surface area contributed by atoms with E-state index in [0.717, 1.165) is 0 Å². The van der Waals surface area contributed by atoms with Crippen molar-refractivity contribution in [2.45, 2.75) is 5.60 Å². The highest BCUT2D eigenvalue weighted by atomic mass is 16.6. The van der Waals surface area contributed by atoms with E-state index in [2.05, 4.69) is 0 Å². The molecule has 2 N–H and O–H groups in total. The van der Waals surface area contributed by atoms with Gasteiger partial charge in [0.15, 0.2) is 17.2 Å². The SMILES string of the molecule is O=C1OC2(c3ccc(O)cc3Oc3cc(O)c(C(=O)c4ccccc4)c(C(=O)c4ccccc4)c32)c2ccccc21. The van der Waals surface area contributed by atoms with Crippen molar-refractivity contribution < 1.29 is 34.1 Å². The lowest BCUT2D eigenvalue weighted by Crippen LogP contribution is -2.36. The number of fused-ring (bicyclic) bond motifs is 6. The summed E-state index contributed by atoms with van der Waals surface area (Å²) in [5.74, 6) is -2.18. The lowest BCUT2D eigenvalue weighted by Gasteiger charge is -2.38. The first-order valence-electron chi connectivity index (χ1n) is 12.8. The number of ketones is 2. The number of phenolic OH excluding ortho intramolecular Hbond substituents is 2. The Kier molecular flexibility index (Phi) is 5.30. The number of aromatic hydroxyl groups is 2. The quantitative estimate of drug-likeness (QED) is 0.209. The molecule has 0 aromatic heterocycles. The Labute approximate surface area is 233 Å². The second kappa shape index (κ2) is 8.93. The number of carbonyl (C=O) groups excluding carboxylic acids is 3. The van der Waals surface area contributed by atoms with Crippen LogP contribution in [-0.4, -0.2) is 27.7 Å². The van der Waals surface area contributed by atoms with Crippen molar-refractivity contribution in [1.29, 1.82) is 0 Å². The van der Waals surface area contributed by atoms with Crippen molar-refractivity contribution in [3.8, 4) is 23.0 Å². The van der Waals surface area contributed by atoms with Crippen LogP contribution < -0.4 is 4.74 Å². The summed E-state index contributed by atoms with van der Waals surface area (Å²) in [6, 6.07) is 29.0. The molecule has 2 aliphatic heterocycles. The highest BCUT2D eigenvalue weighted by Crippen LogP contribution is 2.59. The highest BCUT2D eigenvalue weighted by Gasteiger charge is 2.56. The second-order valence-corrected chi connectivity index (χ2v) is 9.81. The predicted molar refractivity (Wildman–Crippen MR) is 148 cm³/mol. The molecule has 0 radical (unpaired) electrons. The van der Waals surface area contributed by atoms with Crippen LogP contribution in [0.2, 0.25) is 0 Å². The van der Waals surface area contributed by atoms with E-state index < -0.39 is 28.9 Å². The average molecular weight is 541 g/mol. The lowest BCUT2D eigenvalue weighted by atomic mass is 9.73. The van der Waals surface area contributed by atoms with Crippen molar-refractivity contribution in [3.63, 3.8) is 0 Å². The summed E-state index contributed by atoms with van der Waals surface area (Å²) >= 11 is 0. The first kappa shape index (κ1) is 24.4. The van der Waals surface area contributed by atoms with Gasteiger partial charge in [-0.2, -0.15) is 0 Å². The molecule has 1 atom stereocenters. The van der Waals surface area contributed by atoms with Gasteiger partial charge < -0.3 is 19.7 Å². The summed E-state index contributed by atoms with van der Waals surface area (Å²) in [6.45, 7) is 0. The van der Waals surface area contributed by atoms with Crippen LogP contribution in [0.1, 0.15) is 58.9 Å². The van der Waals surface area contributed by atoms with Crippen LogP contribution in [0.25, 0.3) is 0 Å². The van der Waals surface area contributed by atoms with Gasteiger partial charge in [0.25, 0.3) is 0 Å². The maximum atomic E-state index is 14.4. The van der Waals surface area contributed by atoms with E-state index in [9.17, 15) is 24.6 Å². The molecule has 41 heavy (non-hydrogen) atoms. The van der Waals surface area contributed by atoms with Crippen LogP contribution in [0.15, 0.2) is 109 Å². The highest BCUT2D eigenvalue weighted by molar-refractivity contribution is 6.22. The van der Waals surface area contributed by atoms with Gasteiger partial charge in [-0.1, -0.05) is 78.9 Å². The van der Waals surface area contributed by atoms with Crippen molar-refractivity contribution >= 4 is 17.5 Å². The molecule has 5 aromatic rings. The number of benzene rings is 5. The minimum Gasteiger partial charge on any atom is -0.508 e. The number of esters is 1. The Hall–Kier alpha value is -5.69. The van der Waals surface area contributed by atoms with Gasteiger partial charge in [-0.15, -0.1) is 0 Å². The van der Waals surface area contributed by atoms with Crippen LogP contribution in [0.4, 0.5) is 0 Å². The lowest BCUT2D eigenvalue weighted by molar-refractivity contribution is 0.0220. The van der Waals surface area contributed by atoms with E-state index in [1.165, 1.54) is 18.2 Å². The molecular formula is C34H20O7. The zero-order valence-corrected chi connectivity index (χ0v) is 21.3. The Balaban J connectivity index is 1.64. The number of rotatable bonds is 4. The van der Waals surface area contributed by atoms with Crippen molar-refractivity contribution in [2.75, 3.05) is 0 Å². The van der Waals surface area contributed by atoms with Gasteiger partial charge in [0, 0.05) is 39.9 Å². The third-order valence-electron chi connectivity index (χ3n) is 7.48. The first-order chi connectivity index (χ1) is 19.9. The van der Waals surface area contributed by atoms with Gasteiger partial charge in [-0.3, -0.25) is 9.59 Å². The Morgan fingerprint density at radius 2 is 1.24 bits per heavy atom. The molecule has 7 heteroatoms. The molecule has 2 aliphatic rings. The van der Waals surface area contributed by atoms with Gasteiger partial charge in [-0.25, -0.2) is 4.79 Å². The van der Waals surface area contributed by atoms with Gasteiger partial charge in [0.2, 0.25) is 0 Å². The summed E-state index contributed by atoms with van der Waals surface area (Å²) in [5, 5.41) is 21.6. The zero-order valence-electron chi connectivity index (χ0n) is 21.3. The number of ether oxygens (including phenoxy) is 2. The molecule has 0 bridgehead atoms. The topological polar surface area (TPSA) is 110 Å². The fourth-order valence-electron chi connectivity index (χ4n) is 5.74. The number of carbonyl (C=O) groups is 3. The molecule has 7 rings (SSSR count). The molecule has 1 unspecified atom stereocenters. The van der Waals surface area contributed by atoms with Crippen LogP contribution >= 0.6 is 0 Å². The summed E-state index contributed by atoms with van der Waals surface area (Å²) < 4.78 is 12.4. The summed E-state index contributed by atoms with van der Waals surface area (Å²) in [6.07, 6.45) is 0. The number of hydrogen-bond donors (Lipinski definition) is 2. The maximum absolute atomic E-state index is 14.4. The summed E-state index contributed by atoms with van der Waals surface area (Å²) in [5.41, 5.74) is -0.418. The van der Waals surface area contributed by atoms with Crippen LogP contribution in [0.5, 0.6) is 23.0 Å². The summed E-state index contributed by atoms with van der Waals surface area (Å²) in [4.78, 5) is 41.8. The van der Waals surface area contributed by atoms with E-state index in [-0.39, 0.29) is 50.6 Å². The minimum absolute atomic E-state index is 0.00833. The van der Waals surface area contributed by atoms with E-state index in [1.54, 1.807) is 91.0 Å². The summed E-state index contributed by atoms with van der Waals surface area (Å²) in [7, 11) is 0. The Morgan fingerprint density at radius 1 is 0.634 bits per heavy atom. The van der Waals surface area contributed by atoms with Gasteiger partial charge in [0.05, 0.1) is 16.7 Å². The van der Waals surface area contributed by atoms with E-state index in [1.807, 2.05) is 0 Å². The standard InChI is InChI=1S/C34H20O7/c35-21-15-16-24-26(17-21)40-27-18-25(36)28(31(37)19-9-3-1-4-10-19)29(32(38)20-11-5-2-6-12-20)30(27)34(24)23-14-8-7-13-22(23)33(39)41-34/h1-18,35-36H. The predicted octanol–water partition coefficient (Wildman–Crippen LogP) is 6.13. The van der Waals surface area contributed by atoms with Crippen LogP contribution in [0, 0.1) is 0 Å². The number of phenols is 2. The Bertz CT molecular complexity index is 1910. The van der Waals surface area contributed by atoms with E-state index in [4.69, 9.17) is 9.47 Å². The molecule has 0 saturated heterocycles. The monoisotopic (exact) mass is 540 g/mol. The molecule has 0 amide bonds. The van der Waals surface area contributed by atoms with Crippen molar-refractivity contribution in [2.24, 2.45) is 0 Å². The third-order valence-corrected chi connectivity index (χ3v) is 7.48. The smallest absolute Gasteiger partial charge is 0.340 e. The molecular weight excluding hydrogens is 520 g/mol. The van der Waals surface area contributed by atoms with Crippen LogP contribution in [0.3, 0.4) is 0 Å². The molecule has 0 aliphatic carbocycles. The minimum atomic E-state index is -1.72. The largest absolute Gasteiger partial charge is 0.508 e. The molecule has 198 valence electrons. The molecule has 2 heterocycles. The molecule has 1 spiro atoms. The van der Waals surface area contributed by atoms with E-state index >= 15 is 0 Å². The zero-order chi connectivity index (χ0) is 28.3. The van der Waals surface area contributed by atoms with Gasteiger partial charge in [-0.05, 0) is 18.2 Å². The second-order valence-electron chi connectivity index (χ2n) is 9.81. The number of hydrogen-bond acceptors (Lipinski definition) is 7. The average Bonchev–Trinajstić information content (AvgIpc) is 3.29. The van der Waals surface area contributed by atoms with Gasteiger partial charge in [0.1, 0.15) is 23.0 Å². The molecule has 5 aromatic carbocycles.